The molecular weight excluding hydrogens is 202 g/mol. The molecule has 0 atom stereocenters. The normalized spacial score (nSPS) is 10.3. The molecule has 0 aromatic heterocycles. The molecule has 0 heterocycles. The van der Waals surface area contributed by atoms with Gasteiger partial charge in [-0.05, 0) is 37.0 Å². The van der Waals surface area contributed by atoms with Gasteiger partial charge in [-0.1, -0.05) is 6.07 Å². The molecule has 1 aromatic rings. The maximum atomic E-state index is 12.7. The highest BCUT2D eigenvalue weighted by Gasteiger charge is 2.02. The van der Waals surface area contributed by atoms with Crippen molar-refractivity contribution < 1.29 is 18.7 Å². The molecule has 2 nitrogen and oxygen atoms in total. The summed E-state index contributed by atoms with van der Waals surface area (Å²) in [5.41, 5.74) is 0.694. The number of aliphatic carboxylic acids is 1. The van der Waals surface area contributed by atoms with E-state index in [-0.39, 0.29) is 6.42 Å². The monoisotopic (exact) mass is 214 g/mol. The molecule has 0 bridgehead atoms. The first-order valence-corrected chi connectivity index (χ1v) is 4.75. The zero-order valence-electron chi connectivity index (χ0n) is 8.17. The van der Waals surface area contributed by atoms with Gasteiger partial charge in [-0.15, -0.1) is 0 Å². The first-order chi connectivity index (χ1) is 7.09. The fourth-order valence-electron chi connectivity index (χ4n) is 1.30. The van der Waals surface area contributed by atoms with E-state index in [4.69, 9.17) is 5.11 Å². The van der Waals surface area contributed by atoms with Crippen LogP contribution in [0.15, 0.2) is 18.2 Å². The van der Waals surface area contributed by atoms with Crippen LogP contribution in [0.5, 0.6) is 0 Å². The number of carboxylic acids is 1. The number of rotatable bonds is 5. The molecule has 0 aliphatic heterocycles. The Morgan fingerprint density at radius 2 is 1.93 bits per heavy atom. The molecule has 0 spiro atoms. The van der Waals surface area contributed by atoms with Crippen LogP contribution < -0.4 is 0 Å². The molecule has 1 rings (SSSR count). The van der Waals surface area contributed by atoms with Crippen molar-refractivity contribution in [2.24, 2.45) is 0 Å². The predicted molar refractivity (Wildman–Crippen MR) is 51.5 cm³/mol. The Morgan fingerprint density at radius 3 is 2.53 bits per heavy atom. The largest absolute Gasteiger partial charge is 0.481 e. The summed E-state index contributed by atoms with van der Waals surface area (Å²) >= 11 is 0. The van der Waals surface area contributed by atoms with Crippen molar-refractivity contribution in [3.05, 3.63) is 35.4 Å². The van der Waals surface area contributed by atoms with Gasteiger partial charge in [-0.3, -0.25) is 4.79 Å². The highest BCUT2D eigenvalue weighted by molar-refractivity contribution is 5.66. The van der Waals surface area contributed by atoms with E-state index in [1.807, 2.05) is 0 Å². The average Bonchev–Trinajstić information content (AvgIpc) is 2.18. The van der Waals surface area contributed by atoms with Crippen molar-refractivity contribution in [2.45, 2.75) is 25.7 Å². The van der Waals surface area contributed by atoms with Crippen LogP contribution in [0.25, 0.3) is 0 Å². The number of hydrogen-bond donors (Lipinski definition) is 1. The van der Waals surface area contributed by atoms with Crippen molar-refractivity contribution in [1.29, 1.82) is 0 Å². The van der Waals surface area contributed by atoms with E-state index in [1.54, 1.807) is 0 Å². The summed E-state index contributed by atoms with van der Waals surface area (Å²) in [6.07, 6.45) is 1.90. The van der Waals surface area contributed by atoms with Crippen molar-refractivity contribution >= 4 is 5.97 Å². The second-order valence-corrected chi connectivity index (χ2v) is 3.35. The van der Waals surface area contributed by atoms with Crippen molar-refractivity contribution in [3.8, 4) is 0 Å². The van der Waals surface area contributed by atoms with Gasteiger partial charge in [-0.25, -0.2) is 8.78 Å². The Morgan fingerprint density at radius 1 is 1.20 bits per heavy atom. The second kappa shape index (κ2) is 5.44. The Kier molecular flexibility index (Phi) is 4.21. The Bertz CT molecular complexity index is 350. The maximum Gasteiger partial charge on any atom is 0.303 e. The van der Waals surface area contributed by atoms with Crippen LogP contribution in [0.1, 0.15) is 24.8 Å². The van der Waals surface area contributed by atoms with Crippen molar-refractivity contribution in [1.82, 2.24) is 0 Å². The minimum atomic E-state index is -0.857. The maximum absolute atomic E-state index is 12.7. The second-order valence-electron chi connectivity index (χ2n) is 3.35. The summed E-state index contributed by atoms with van der Waals surface area (Å²) in [6, 6.07) is 3.75. The van der Waals surface area contributed by atoms with Crippen LogP contribution in [-0.4, -0.2) is 11.1 Å². The fraction of sp³-hybridized carbons (Fsp3) is 0.364. The van der Waals surface area contributed by atoms with E-state index in [2.05, 4.69) is 0 Å². The van der Waals surface area contributed by atoms with E-state index in [0.29, 0.717) is 24.8 Å². The standard InChI is InChI=1S/C11H12F2O2/c12-9-6-5-8(7-10(9)13)3-1-2-4-11(14)15/h5-7H,1-4H2,(H,14,15). The summed E-state index contributed by atoms with van der Waals surface area (Å²) in [5, 5.41) is 8.38. The molecule has 0 aliphatic carbocycles. The van der Waals surface area contributed by atoms with Gasteiger partial charge in [0.15, 0.2) is 11.6 Å². The molecular formula is C11H12F2O2. The molecule has 1 N–H and O–H groups in total. The molecule has 0 unspecified atom stereocenters. The zero-order chi connectivity index (χ0) is 11.3. The van der Waals surface area contributed by atoms with Gasteiger partial charge in [0.05, 0.1) is 0 Å². The first kappa shape index (κ1) is 11.6. The van der Waals surface area contributed by atoms with Crippen LogP contribution in [-0.2, 0) is 11.2 Å². The molecule has 82 valence electrons. The first-order valence-electron chi connectivity index (χ1n) is 4.75. The molecule has 0 saturated carbocycles. The number of halogens is 2. The van der Waals surface area contributed by atoms with Gasteiger partial charge in [0.25, 0.3) is 0 Å². The molecule has 15 heavy (non-hydrogen) atoms. The summed E-state index contributed by atoms with van der Waals surface area (Å²) in [7, 11) is 0. The molecule has 4 heteroatoms. The molecule has 0 fully saturated rings. The minimum Gasteiger partial charge on any atom is -0.481 e. The third-order valence-electron chi connectivity index (χ3n) is 2.09. The lowest BCUT2D eigenvalue weighted by molar-refractivity contribution is -0.137. The molecule has 1 aromatic carbocycles. The lowest BCUT2D eigenvalue weighted by Gasteiger charge is -2.01. The van der Waals surface area contributed by atoms with Gasteiger partial charge < -0.3 is 5.11 Å². The minimum absolute atomic E-state index is 0.115. The third-order valence-corrected chi connectivity index (χ3v) is 2.09. The van der Waals surface area contributed by atoms with Crippen LogP contribution >= 0.6 is 0 Å². The number of aryl methyl sites for hydroxylation is 1. The number of carbonyl (C=O) groups is 1. The quantitative estimate of drug-likeness (QED) is 0.765. The molecule has 0 radical (unpaired) electrons. The SMILES string of the molecule is O=C(O)CCCCc1ccc(F)c(F)c1. The van der Waals surface area contributed by atoms with E-state index in [0.717, 1.165) is 12.1 Å². The van der Waals surface area contributed by atoms with E-state index >= 15 is 0 Å². The van der Waals surface area contributed by atoms with Gasteiger partial charge in [0, 0.05) is 6.42 Å². The summed E-state index contributed by atoms with van der Waals surface area (Å²) in [5.74, 6) is -2.55. The average molecular weight is 214 g/mol. The predicted octanol–water partition coefficient (Wildman–Crippen LogP) is 2.76. The van der Waals surface area contributed by atoms with E-state index in [9.17, 15) is 13.6 Å². The van der Waals surface area contributed by atoms with Gasteiger partial charge in [-0.2, -0.15) is 0 Å². The lowest BCUT2D eigenvalue weighted by Crippen LogP contribution is -1.95. The number of benzene rings is 1. The molecule has 0 saturated heterocycles. The smallest absolute Gasteiger partial charge is 0.303 e. The summed E-state index contributed by atoms with van der Waals surface area (Å²) in [6.45, 7) is 0. The highest BCUT2D eigenvalue weighted by atomic mass is 19.2. The Labute approximate surface area is 86.5 Å². The van der Waals surface area contributed by atoms with Crippen LogP contribution in [0, 0.1) is 11.6 Å². The topological polar surface area (TPSA) is 37.3 Å². The Hall–Kier alpha value is -1.45. The third kappa shape index (κ3) is 4.06. The van der Waals surface area contributed by atoms with E-state index < -0.39 is 17.6 Å². The van der Waals surface area contributed by atoms with E-state index in [1.165, 1.54) is 6.07 Å². The fourth-order valence-corrected chi connectivity index (χ4v) is 1.30. The number of carboxylic acid groups (broad SMARTS) is 1. The highest BCUT2D eigenvalue weighted by Crippen LogP contribution is 2.11. The van der Waals surface area contributed by atoms with Gasteiger partial charge in [0.2, 0.25) is 0 Å². The van der Waals surface area contributed by atoms with Crippen molar-refractivity contribution in [2.75, 3.05) is 0 Å². The molecule has 0 amide bonds. The van der Waals surface area contributed by atoms with Crippen LogP contribution in [0.2, 0.25) is 0 Å². The summed E-state index contributed by atoms with van der Waals surface area (Å²) in [4.78, 5) is 10.2. The van der Waals surface area contributed by atoms with Gasteiger partial charge >= 0.3 is 5.97 Å². The van der Waals surface area contributed by atoms with Crippen molar-refractivity contribution in [3.63, 3.8) is 0 Å². The zero-order valence-corrected chi connectivity index (χ0v) is 8.17. The number of hydrogen-bond acceptors (Lipinski definition) is 1. The lowest BCUT2D eigenvalue weighted by atomic mass is 10.1. The Balaban J connectivity index is 2.38. The van der Waals surface area contributed by atoms with Gasteiger partial charge in [0.1, 0.15) is 0 Å². The van der Waals surface area contributed by atoms with Crippen LogP contribution in [0.3, 0.4) is 0 Å². The van der Waals surface area contributed by atoms with Crippen LogP contribution in [0.4, 0.5) is 8.78 Å². The molecule has 0 aliphatic rings. The number of unbranched alkanes of at least 4 members (excludes halogenated alkanes) is 1. The summed E-state index contributed by atoms with van der Waals surface area (Å²) < 4.78 is 25.3.